The van der Waals surface area contributed by atoms with E-state index in [1.54, 1.807) is 18.2 Å². The number of halogens is 1. The molecule has 5 nitrogen and oxygen atoms in total. The highest BCUT2D eigenvalue weighted by atomic mass is 79.9. The monoisotopic (exact) mass is 359 g/mol. The Morgan fingerprint density at radius 1 is 1.27 bits per heavy atom. The number of hydrogen-bond donors (Lipinski definition) is 1. The molecule has 6 heteroatoms. The van der Waals surface area contributed by atoms with E-state index in [-0.39, 0.29) is 11.8 Å². The topological polar surface area (TPSA) is 62.3 Å². The molecule has 0 unspecified atom stereocenters. The molecule has 2 amide bonds. The fraction of sp³-hybridized carbons (Fsp3) is 0.188. The zero-order chi connectivity index (χ0) is 15.7. The summed E-state index contributed by atoms with van der Waals surface area (Å²) < 4.78 is 0.846. The maximum Gasteiger partial charge on any atom is 0.265 e. The zero-order valence-corrected chi connectivity index (χ0v) is 13.6. The largest absolute Gasteiger partial charge is 0.383 e. The van der Waals surface area contributed by atoms with Crippen LogP contribution in [0.5, 0.6) is 0 Å². The Hall–Kier alpha value is -2.21. The first-order valence-electron chi connectivity index (χ1n) is 6.89. The van der Waals surface area contributed by atoms with Crippen molar-refractivity contribution >= 4 is 39.1 Å². The highest BCUT2D eigenvalue weighted by Gasteiger charge is 2.27. The number of benzene rings is 1. The summed E-state index contributed by atoms with van der Waals surface area (Å²) in [5, 5.41) is 3.26. The summed E-state index contributed by atoms with van der Waals surface area (Å²) in [6, 6.07) is 7.00. The van der Waals surface area contributed by atoms with E-state index < -0.39 is 0 Å². The predicted molar refractivity (Wildman–Crippen MR) is 88.1 cm³/mol. The van der Waals surface area contributed by atoms with E-state index in [1.165, 1.54) is 24.2 Å². The normalized spacial score (nSPS) is 12.5. The van der Waals surface area contributed by atoms with Gasteiger partial charge in [-0.1, -0.05) is 15.9 Å². The Morgan fingerprint density at radius 2 is 2.00 bits per heavy atom. The van der Waals surface area contributed by atoms with Gasteiger partial charge in [0, 0.05) is 35.9 Å². The molecule has 0 atom stereocenters. The van der Waals surface area contributed by atoms with E-state index in [4.69, 9.17) is 0 Å². The van der Waals surface area contributed by atoms with Crippen LogP contribution in [0.2, 0.25) is 0 Å². The Bertz CT molecular complexity index is 747. The number of nitrogens with one attached hydrogen (secondary N) is 1. The van der Waals surface area contributed by atoms with Crippen molar-refractivity contribution in [3.63, 3.8) is 0 Å². The summed E-state index contributed by atoms with van der Waals surface area (Å²) in [7, 11) is 0. The van der Waals surface area contributed by atoms with E-state index in [2.05, 4.69) is 26.2 Å². The van der Waals surface area contributed by atoms with Crippen LogP contribution in [0.25, 0.3) is 0 Å². The van der Waals surface area contributed by atoms with Crippen LogP contribution in [0, 0.1) is 0 Å². The number of aromatic nitrogens is 1. The lowest BCUT2D eigenvalue weighted by atomic mass is 10.1. The fourth-order valence-corrected chi connectivity index (χ4v) is 3.09. The molecule has 1 aromatic carbocycles. The van der Waals surface area contributed by atoms with Crippen LogP contribution in [0.3, 0.4) is 0 Å². The Labute approximate surface area is 136 Å². The first-order valence-corrected chi connectivity index (χ1v) is 7.68. The second-order valence-corrected chi connectivity index (χ2v) is 5.95. The minimum absolute atomic E-state index is 0.323. The third-order valence-corrected chi connectivity index (χ3v) is 4.00. The van der Waals surface area contributed by atoms with E-state index in [9.17, 15) is 9.59 Å². The molecular weight excluding hydrogens is 346 g/mol. The molecule has 1 aromatic heterocycles. The fourth-order valence-electron chi connectivity index (χ4n) is 2.59. The van der Waals surface area contributed by atoms with Gasteiger partial charge < -0.3 is 5.32 Å². The van der Waals surface area contributed by atoms with Crippen LogP contribution in [-0.2, 0) is 11.2 Å². The molecule has 2 heterocycles. The number of amides is 2. The number of imide groups is 1. The molecule has 1 N–H and O–H groups in total. The van der Waals surface area contributed by atoms with Crippen molar-refractivity contribution in [2.24, 2.45) is 0 Å². The van der Waals surface area contributed by atoms with Gasteiger partial charge in [0.1, 0.15) is 0 Å². The molecular formula is C16H14BrN3O2. The lowest BCUT2D eigenvalue weighted by molar-refractivity contribution is -0.115. The minimum atomic E-state index is -0.357. The zero-order valence-electron chi connectivity index (χ0n) is 12.0. The smallest absolute Gasteiger partial charge is 0.265 e. The Kier molecular flexibility index (Phi) is 3.94. The molecule has 0 bridgehead atoms. The van der Waals surface area contributed by atoms with E-state index in [1.807, 2.05) is 6.07 Å². The van der Waals surface area contributed by atoms with Gasteiger partial charge in [-0.15, -0.1) is 0 Å². The number of hydrogen-bond acceptors (Lipinski definition) is 4. The van der Waals surface area contributed by atoms with Gasteiger partial charge in [0.05, 0.1) is 11.4 Å². The number of rotatable bonds is 2. The van der Waals surface area contributed by atoms with Crippen molar-refractivity contribution in [3.05, 3.63) is 52.3 Å². The molecule has 0 fully saturated rings. The van der Waals surface area contributed by atoms with Gasteiger partial charge >= 0.3 is 0 Å². The number of carbonyl (C=O) groups excluding carboxylic acids is 2. The first-order chi connectivity index (χ1) is 10.6. The maximum absolute atomic E-state index is 12.7. The van der Waals surface area contributed by atoms with Gasteiger partial charge in [-0.05, 0) is 36.2 Å². The summed E-state index contributed by atoms with van der Waals surface area (Å²) in [6.45, 7) is 2.19. The number of carbonyl (C=O) groups is 2. The standard InChI is InChI=1S/C16H14BrN3O2/c1-10(21)20(16(22)11-2-5-18-6-3-11)14-9-13(17)8-12-4-7-19-15(12)14/h2-3,5-6,8-9,19H,4,7H2,1H3. The Balaban J connectivity index is 2.10. The van der Waals surface area contributed by atoms with Crippen LogP contribution in [-0.4, -0.2) is 23.3 Å². The van der Waals surface area contributed by atoms with Gasteiger partial charge in [0.2, 0.25) is 5.91 Å². The summed E-state index contributed by atoms with van der Waals surface area (Å²) >= 11 is 3.45. The third-order valence-electron chi connectivity index (χ3n) is 3.55. The molecule has 2 aromatic rings. The Morgan fingerprint density at radius 3 is 2.68 bits per heavy atom. The molecule has 22 heavy (non-hydrogen) atoms. The quantitative estimate of drug-likeness (QED) is 0.895. The maximum atomic E-state index is 12.7. The molecule has 112 valence electrons. The average molecular weight is 360 g/mol. The second-order valence-electron chi connectivity index (χ2n) is 5.03. The van der Waals surface area contributed by atoms with Crippen LogP contribution in [0.15, 0.2) is 41.1 Å². The van der Waals surface area contributed by atoms with Gasteiger partial charge in [-0.25, -0.2) is 4.90 Å². The molecule has 0 aliphatic carbocycles. The summed E-state index contributed by atoms with van der Waals surface area (Å²) in [4.78, 5) is 30.0. The third kappa shape index (κ3) is 2.62. The molecule has 0 saturated heterocycles. The summed E-state index contributed by atoms with van der Waals surface area (Å²) in [6.07, 6.45) is 3.95. The average Bonchev–Trinajstić information content (AvgIpc) is 2.96. The molecule has 1 aliphatic rings. The number of nitrogens with zero attached hydrogens (tertiary/aromatic N) is 2. The predicted octanol–water partition coefficient (Wildman–Crippen LogP) is 3.01. The minimum Gasteiger partial charge on any atom is -0.383 e. The van der Waals surface area contributed by atoms with Gasteiger partial charge in [-0.3, -0.25) is 14.6 Å². The van der Waals surface area contributed by atoms with Gasteiger partial charge in [0.25, 0.3) is 5.91 Å². The van der Waals surface area contributed by atoms with Crippen LogP contribution < -0.4 is 10.2 Å². The van der Waals surface area contributed by atoms with E-state index in [0.29, 0.717) is 11.3 Å². The molecule has 3 rings (SSSR count). The summed E-state index contributed by atoms with van der Waals surface area (Å²) in [5.41, 5.74) is 2.95. The van der Waals surface area contributed by atoms with E-state index in [0.717, 1.165) is 28.7 Å². The highest BCUT2D eigenvalue weighted by Crippen LogP contribution is 2.37. The van der Waals surface area contributed by atoms with Crippen LogP contribution in [0.4, 0.5) is 11.4 Å². The van der Waals surface area contributed by atoms with Crippen molar-refractivity contribution in [3.8, 4) is 0 Å². The lowest BCUT2D eigenvalue weighted by Crippen LogP contribution is -2.35. The van der Waals surface area contributed by atoms with Crippen molar-refractivity contribution < 1.29 is 9.59 Å². The van der Waals surface area contributed by atoms with Crippen molar-refractivity contribution in [1.29, 1.82) is 0 Å². The SMILES string of the molecule is CC(=O)N(C(=O)c1ccncc1)c1cc(Br)cc2c1NCC2. The highest BCUT2D eigenvalue weighted by molar-refractivity contribution is 9.10. The van der Waals surface area contributed by atoms with Crippen molar-refractivity contribution in [2.45, 2.75) is 13.3 Å². The molecule has 0 saturated carbocycles. The first kappa shape index (κ1) is 14.7. The molecule has 0 spiro atoms. The van der Waals surface area contributed by atoms with Crippen molar-refractivity contribution in [2.75, 3.05) is 16.8 Å². The summed E-state index contributed by atoms with van der Waals surface area (Å²) in [5.74, 6) is -0.681. The lowest BCUT2D eigenvalue weighted by Gasteiger charge is -2.22. The molecule has 0 radical (unpaired) electrons. The van der Waals surface area contributed by atoms with Gasteiger partial charge in [-0.2, -0.15) is 0 Å². The van der Waals surface area contributed by atoms with Gasteiger partial charge in [0.15, 0.2) is 0 Å². The van der Waals surface area contributed by atoms with E-state index >= 15 is 0 Å². The van der Waals surface area contributed by atoms with Crippen LogP contribution >= 0.6 is 15.9 Å². The number of fused-ring (bicyclic) bond motifs is 1. The van der Waals surface area contributed by atoms with Crippen LogP contribution in [0.1, 0.15) is 22.8 Å². The van der Waals surface area contributed by atoms with Crippen molar-refractivity contribution in [1.82, 2.24) is 4.98 Å². The number of pyridine rings is 1. The molecule has 1 aliphatic heterocycles. The number of anilines is 2. The second kappa shape index (κ2) is 5.88.